The van der Waals surface area contributed by atoms with Gasteiger partial charge in [0.1, 0.15) is 5.75 Å². The highest BCUT2D eigenvalue weighted by molar-refractivity contribution is 5.65. The van der Waals surface area contributed by atoms with Crippen LogP contribution in [0.5, 0.6) is 5.75 Å². The van der Waals surface area contributed by atoms with E-state index in [1.165, 1.54) is 4.68 Å². The van der Waals surface area contributed by atoms with Crippen molar-refractivity contribution >= 4 is 0 Å². The van der Waals surface area contributed by atoms with Crippen molar-refractivity contribution in [1.29, 1.82) is 0 Å². The highest BCUT2D eigenvalue weighted by atomic mass is 16.5. The topological polar surface area (TPSA) is 44.1 Å². The fraction of sp³-hybridized carbons (Fsp3) is 0.158. The van der Waals surface area contributed by atoms with E-state index in [0.717, 1.165) is 28.1 Å². The van der Waals surface area contributed by atoms with E-state index >= 15 is 0 Å². The molecule has 23 heavy (non-hydrogen) atoms. The summed E-state index contributed by atoms with van der Waals surface area (Å²) in [6.45, 7) is 2.39. The zero-order valence-electron chi connectivity index (χ0n) is 13.2. The third-order valence-electron chi connectivity index (χ3n) is 3.76. The first-order valence-electron chi connectivity index (χ1n) is 7.44. The minimum atomic E-state index is -0.106. The first kappa shape index (κ1) is 15.0. The molecule has 116 valence electrons. The van der Waals surface area contributed by atoms with Crippen LogP contribution in [0.25, 0.3) is 11.1 Å². The van der Waals surface area contributed by atoms with E-state index in [-0.39, 0.29) is 5.56 Å². The maximum atomic E-state index is 12.4. The summed E-state index contributed by atoms with van der Waals surface area (Å²) < 4.78 is 6.66. The molecule has 0 saturated heterocycles. The van der Waals surface area contributed by atoms with Crippen LogP contribution in [0.15, 0.2) is 65.5 Å². The number of aryl methyl sites for hydroxylation is 1. The molecule has 3 rings (SSSR count). The molecular weight excluding hydrogens is 288 g/mol. The molecule has 0 bridgehead atoms. The molecule has 1 heterocycles. The molecule has 0 aliphatic heterocycles. The van der Waals surface area contributed by atoms with Crippen molar-refractivity contribution in [2.75, 3.05) is 7.11 Å². The zero-order valence-corrected chi connectivity index (χ0v) is 13.2. The van der Waals surface area contributed by atoms with E-state index in [9.17, 15) is 4.79 Å². The van der Waals surface area contributed by atoms with Crippen LogP contribution in [0.4, 0.5) is 0 Å². The molecule has 0 fully saturated rings. The van der Waals surface area contributed by atoms with Crippen molar-refractivity contribution in [1.82, 2.24) is 9.78 Å². The third-order valence-corrected chi connectivity index (χ3v) is 3.76. The average molecular weight is 306 g/mol. The van der Waals surface area contributed by atoms with Crippen LogP contribution in [0, 0.1) is 6.92 Å². The van der Waals surface area contributed by atoms with Gasteiger partial charge in [0.15, 0.2) is 0 Å². The molecule has 0 unspecified atom stereocenters. The molecule has 1 aromatic heterocycles. The van der Waals surface area contributed by atoms with Crippen LogP contribution in [0.2, 0.25) is 0 Å². The molecule has 0 spiro atoms. The van der Waals surface area contributed by atoms with Crippen molar-refractivity contribution in [2.45, 2.75) is 13.5 Å². The van der Waals surface area contributed by atoms with Gasteiger partial charge in [0.05, 0.1) is 19.3 Å². The summed E-state index contributed by atoms with van der Waals surface area (Å²) in [4.78, 5) is 12.4. The molecule has 0 amide bonds. The number of nitrogens with zero attached hydrogens (tertiary/aromatic N) is 2. The quantitative estimate of drug-likeness (QED) is 0.743. The van der Waals surface area contributed by atoms with Gasteiger partial charge in [0.2, 0.25) is 0 Å². The summed E-state index contributed by atoms with van der Waals surface area (Å²) in [6, 6.07) is 19.1. The van der Waals surface area contributed by atoms with Gasteiger partial charge in [0, 0.05) is 11.6 Å². The lowest BCUT2D eigenvalue weighted by Crippen LogP contribution is -2.24. The van der Waals surface area contributed by atoms with Crippen molar-refractivity contribution in [2.24, 2.45) is 0 Å². The number of hydrogen-bond acceptors (Lipinski definition) is 3. The van der Waals surface area contributed by atoms with Gasteiger partial charge in [-0.1, -0.05) is 42.5 Å². The van der Waals surface area contributed by atoms with Crippen LogP contribution in [0.1, 0.15) is 11.3 Å². The summed E-state index contributed by atoms with van der Waals surface area (Å²) >= 11 is 0. The van der Waals surface area contributed by atoms with Crippen molar-refractivity contribution in [3.8, 4) is 16.9 Å². The maximum Gasteiger partial charge on any atom is 0.267 e. The fourth-order valence-corrected chi connectivity index (χ4v) is 2.52. The van der Waals surface area contributed by atoms with E-state index in [4.69, 9.17) is 4.74 Å². The molecular formula is C19H18N2O2. The van der Waals surface area contributed by atoms with Crippen molar-refractivity contribution in [3.63, 3.8) is 0 Å². The zero-order chi connectivity index (χ0) is 16.2. The van der Waals surface area contributed by atoms with Gasteiger partial charge in [-0.2, -0.15) is 5.10 Å². The van der Waals surface area contributed by atoms with Crippen LogP contribution in [-0.4, -0.2) is 16.9 Å². The minimum absolute atomic E-state index is 0.106. The first-order chi connectivity index (χ1) is 11.2. The lowest BCUT2D eigenvalue weighted by molar-refractivity contribution is 0.415. The monoisotopic (exact) mass is 306 g/mol. The molecule has 4 heteroatoms. The van der Waals surface area contributed by atoms with Gasteiger partial charge < -0.3 is 4.74 Å². The maximum absolute atomic E-state index is 12.4. The Morgan fingerprint density at radius 1 is 1.04 bits per heavy atom. The second-order valence-corrected chi connectivity index (χ2v) is 5.35. The average Bonchev–Trinajstić information content (AvgIpc) is 2.59. The Labute approximate surface area is 135 Å². The Morgan fingerprint density at radius 2 is 1.74 bits per heavy atom. The summed E-state index contributed by atoms with van der Waals surface area (Å²) in [5.41, 5.74) is 3.58. The Balaban J connectivity index is 1.95. The van der Waals surface area contributed by atoms with Crippen LogP contribution in [-0.2, 0) is 6.54 Å². The number of methoxy groups -OCH3 is 1. The molecule has 0 saturated carbocycles. The van der Waals surface area contributed by atoms with Crippen molar-refractivity contribution < 1.29 is 4.74 Å². The normalized spacial score (nSPS) is 10.5. The largest absolute Gasteiger partial charge is 0.497 e. The number of aromatic nitrogens is 2. The summed E-state index contributed by atoms with van der Waals surface area (Å²) in [5.74, 6) is 0.789. The minimum Gasteiger partial charge on any atom is -0.497 e. The molecule has 0 aliphatic carbocycles. The van der Waals surface area contributed by atoms with Gasteiger partial charge in [-0.15, -0.1) is 0 Å². The highest BCUT2D eigenvalue weighted by Crippen LogP contribution is 2.23. The number of rotatable bonds is 4. The Morgan fingerprint density at radius 3 is 2.39 bits per heavy atom. The standard InChI is InChI=1S/C19H18N2O2/c1-14-18(16-8-10-17(23-2)11-9-16)12-19(22)21(20-14)13-15-6-4-3-5-7-15/h3-12H,13H2,1-2H3. The van der Waals surface area contributed by atoms with E-state index < -0.39 is 0 Å². The van der Waals surface area contributed by atoms with Gasteiger partial charge in [-0.25, -0.2) is 4.68 Å². The Bertz CT molecular complexity index is 853. The molecule has 0 aliphatic rings. The van der Waals surface area contributed by atoms with Crippen LogP contribution < -0.4 is 10.3 Å². The van der Waals surface area contributed by atoms with Gasteiger partial charge >= 0.3 is 0 Å². The number of benzene rings is 2. The molecule has 0 radical (unpaired) electrons. The fourth-order valence-electron chi connectivity index (χ4n) is 2.52. The van der Waals surface area contributed by atoms with Crippen LogP contribution >= 0.6 is 0 Å². The van der Waals surface area contributed by atoms with Crippen LogP contribution in [0.3, 0.4) is 0 Å². The second kappa shape index (κ2) is 6.48. The summed E-state index contributed by atoms with van der Waals surface area (Å²) in [7, 11) is 1.63. The van der Waals surface area contributed by atoms with Gasteiger partial charge in [0.25, 0.3) is 5.56 Å². The van der Waals surface area contributed by atoms with Crippen molar-refractivity contribution in [3.05, 3.63) is 82.3 Å². The van der Waals surface area contributed by atoms with Gasteiger partial charge in [-0.3, -0.25) is 4.79 Å². The predicted octanol–water partition coefficient (Wildman–Crippen LogP) is 3.28. The molecule has 2 aromatic carbocycles. The molecule has 0 atom stereocenters. The second-order valence-electron chi connectivity index (χ2n) is 5.35. The lowest BCUT2D eigenvalue weighted by Gasteiger charge is -2.10. The Hall–Kier alpha value is -2.88. The smallest absolute Gasteiger partial charge is 0.267 e. The van der Waals surface area contributed by atoms with Gasteiger partial charge in [-0.05, 0) is 30.2 Å². The van der Waals surface area contributed by atoms with E-state index in [1.807, 2.05) is 61.5 Å². The third kappa shape index (κ3) is 3.31. The molecule has 3 aromatic rings. The number of hydrogen-bond donors (Lipinski definition) is 0. The molecule has 4 nitrogen and oxygen atoms in total. The highest BCUT2D eigenvalue weighted by Gasteiger charge is 2.08. The molecule has 0 N–H and O–H groups in total. The van der Waals surface area contributed by atoms with E-state index in [1.54, 1.807) is 13.2 Å². The lowest BCUT2D eigenvalue weighted by atomic mass is 10.1. The Kier molecular flexibility index (Phi) is 4.24. The van der Waals surface area contributed by atoms with E-state index in [0.29, 0.717) is 6.54 Å². The predicted molar refractivity (Wildman–Crippen MR) is 90.8 cm³/mol. The SMILES string of the molecule is COc1ccc(-c2cc(=O)n(Cc3ccccc3)nc2C)cc1. The number of ether oxygens (including phenoxy) is 1. The van der Waals surface area contributed by atoms with E-state index in [2.05, 4.69) is 5.10 Å². The summed E-state index contributed by atoms with van der Waals surface area (Å²) in [5, 5.41) is 4.46. The summed E-state index contributed by atoms with van der Waals surface area (Å²) in [6.07, 6.45) is 0. The first-order valence-corrected chi connectivity index (χ1v) is 7.44.